The van der Waals surface area contributed by atoms with Gasteiger partial charge < -0.3 is 14.8 Å². The summed E-state index contributed by atoms with van der Waals surface area (Å²) in [5.74, 6) is 0.394. The highest BCUT2D eigenvalue weighted by atomic mass is 35.5. The van der Waals surface area contributed by atoms with Gasteiger partial charge in [-0.3, -0.25) is 4.79 Å². The predicted octanol–water partition coefficient (Wildman–Crippen LogP) is 6.58. The monoisotopic (exact) mass is 479 g/mol. The highest BCUT2D eigenvalue weighted by molar-refractivity contribution is 6.32. The summed E-state index contributed by atoms with van der Waals surface area (Å²) in [6.45, 7) is 4.16. The van der Waals surface area contributed by atoms with Crippen molar-refractivity contribution in [1.82, 2.24) is 5.32 Å². The fraction of sp³-hybridized carbons (Fsp3) is 0.286. The predicted molar refractivity (Wildman–Crippen MR) is 136 cm³/mol. The van der Waals surface area contributed by atoms with Gasteiger partial charge in [0.25, 0.3) is 0 Å². The number of ketones is 1. The largest absolute Gasteiger partial charge is 0.489 e. The van der Waals surface area contributed by atoms with E-state index in [4.69, 9.17) is 21.1 Å². The third-order valence-electron chi connectivity index (χ3n) is 5.40. The van der Waals surface area contributed by atoms with E-state index in [1.54, 1.807) is 18.2 Å². The van der Waals surface area contributed by atoms with Crippen molar-refractivity contribution in [2.45, 2.75) is 32.8 Å². The van der Waals surface area contributed by atoms with Gasteiger partial charge in [0.1, 0.15) is 5.75 Å². The van der Waals surface area contributed by atoms with E-state index in [0.717, 1.165) is 16.7 Å². The van der Waals surface area contributed by atoms with Gasteiger partial charge in [-0.1, -0.05) is 66.2 Å². The van der Waals surface area contributed by atoms with Gasteiger partial charge >= 0.3 is 6.09 Å². The molecular formula is C28H30ClNO4. The van der Waals surface area contributed by atoms with Gasteiger partial charge in [-0.15, -0.1) is 0 Å². The number of halogens is 1. The first-order valence-electron chi connectivity index (χ1n) is 11.3. The van der Waals surface area contributed by atoms with Gasteiger partial charge in [-0.2, -0.15) is 0 Å². The Balaban J connectivity index is 1.72. The number of ether oxygens (including phenoxy) is 2. The van der Waals surface area contributed by atoms with E-state index in [1.165, 1.54) is 7.11 Å². The number of methoxy groups -OCH3 is 1. The maximum absolute atomic E-state index is 13.0. The lowest BCUT2D eigenvalue weighted by atomic mass is 9.91. The van der Waals surface area contributed by atoms with E-state index in [2.05, 4.69) is 41.7 Å². The molecule has 0 fully saturated rings. The lowest BCUT2D eigenvalue weighted by molar-refractivity contribution is 0.0958. The van der Waals surface area contributed by atoms with Crippen molar-refractivity contribution < 1.29 is 19.1 Å². The number of amides is 1. The second-order valence-corrected chi connectivity index (χ2v) is 8.85. The Hall–Kier alpha value is -3.31. The normalized spacial score (nSPS) is 11.7. The van der Waals surface area contributed by atoms with Crippen molar-refractivity contribution in [3.05, 3.63) is 88.9 Å². The number of alkyl carbamates (subject to hydrolysis) is 1. The molecule has 0 aliphatic carbocycles. The maximum Gasteiger partial charge on any atom is 0.406 e. The first-order chi connectivity index (χ1) is 16.4. The van der Waals surface area contributed by atoms with Crippen LogP contribution in [0.1, 0.15) is 36.2 Å². The fourth-order valence-electron chi connectivity index (χ4n) is 3.72. The highest BCUT2D eigenvalue weighted by Gasteiger charge is 2.19. The summed E-state index contributed by atoms with van der Waals surface area (Å²) in [6.07, 6.45) is 0.356. The molecule has 6 heteroatoms. The first kappa shape index (κ1) is 25.3. The topological polar surface area (TPSA) is 64.6 Å². The molecule has 0 bridgehead atoms. The molecule has 0 radical (unpaired) electrons. The summed E-state index contributed by atoms with van der Waals surface area (Å²) in [5.41, 5.74) is 3.88. The van der Waals surface area contributed by atoms with Crippen LogP contribution in [0.2, 0.25) is 5.02 Å². The highest BCUT2D eigenvalue weighted by Crippen LogP contribution is 2.28. The van der Waals surface area contributed by atoms with E-state index < -0.39 is 6.09 Å². The molecule has 0 heterocycles. The Morgan fingerprint density at radius 1 is 0.941 bits per heavy atom. The summed E-state index contributed by atoms with van der Waals surface area (Å²) in [6, 6.07) is 23.5. The van der Waals surface area contributed by atoms with Crippen molar-refractivity contribution >= 4 is 23.5 Å². The molecule has 0 saturated heterocycles. The fourth-order valence-corrected chi connectivity index (χ4v) is 3.94. The lowest BCUT2D eigenvalue weighted by Gasteiger charge is -2.18. The van der Waals surface area contributed by atoms with E-state index in [1.807, 2.05) is 32.0 Å². The average molecular weight is 480 g/mol. The smallest absolute Gasteiger partial charge is 0.406 e. The molecule has 0 aliphatic heterocycles. The van der Waals surface area contributed by atoms with Crippen LogP contribution in [0.5, 0.6) is 5.75 Å². The molecule has 1 amide bonds. The van der Waals surface area contributed by atoms with Crippen molar-refractivity contribution in [2.24, 2.45) is 5.92 Å². The number of rotatable bonds is 10. The van der Waals surface area contributed by atoms with Gasteiger partial charge in [0.05, 0.1) is 18.2 Å². The Bertz CT molecular complexity index is 1100. The molecule has 1 N–H and O–H groups in total. The number of hydrogen-bond donors (Lipinski definition) is 1. The van der Waals surface area contributed by atoms with Crippen LogP contribution in [0.3, 0.4) is 0 Å². The molecule has 5 nitrogen and oxygen atoms in total. The zero-order valence-corrected chi connectivity index (χ0v) is 20.5. The van der Waals surface area contributed by atoms with Crippen LogP contribution in [0.25, 0.3) is 11.1 Å². The molecule has 3 aromatic carbocycles. The van der Waals surface area contributed by atoms with E-state index in [-0.39, 0.29) is 24.2 Å². The molecule has 3 rings (SSSR count). The minimum absolute atomic E-state index is 0.0129. The van der Waals surface area contributed by atoms with Gasteiger partial charge in [-0.25, -0.2) is 4.79 Å². The van der Waals surface area contributed by atoms with E-state index in [0.29, 0.717) is 29.3 Å². The first-order valence-corrected chi connectivity index (χ1v) is 11.7. The van der Waals surface area contributed by atoms with Crippen molar-refractivity contribution in [3.8, 4) is 16.9 Å². The van der Waals surface area contributed by atoms with E-state index >= 15 is 0 Å². The van der Waals surface area contributed by atoms with Gasteiger partial charge in [-0.05, 0) is 61.1 Å². The Morgan fingerprint density at radius 2 is 1.62 bits per heavy atom. The average Bonchev–Trinajstić information content (AvgIpc) is 2.84. The van der Waals surface area contributed by atoms with Crippen LogP contribution in [-0.2, 0) is 11.2 Å². The number of carbonyl (C=O) groups excluding carboxylic acids is 2. The molecular weight excluding hydrogens is 450 g/mol. The maximum atomic E-state index is 13.0. The summed E-state index contributed by atoms with van der Waals surface area (Å²) >= 11 is 6.32. The molecule has 178 valence electrons. The Kier molecular flexibility index (Phi) is 9.11. The molecule has 3 aromatic rings. The second-order valence-electron chi connectivity index (χ2n) is 8.44. The standard InChI is InChI=1S/C28H30ClNO4/c1-19(2)34-27-14-13-24(17-25(27)29)26(31)16-21(18-30-28(32)33-3)15-20-9-11-23(12-10-20)22-7-5-4-6-8-22/h4-14,17,19,21H,15-16,18H2,1-3H3,(H,30,32)/t21-/m1/s1. The minimum Gasteiger partial charge on any atom is -0.489 e. The van der Waals surface area contributed by atoms with Crippen LogP contribution >= 0.6 is 11.6 Å². The van der Waals surface area contributed by atoms with Crippen molar-refractivity contribution in [2.75, 3.05) is 13.7 Å². The number of carbonyl (C=O) groups is 2. The molecule has 1 atom stereocenters. The molecule has 0 aromatic heterocycles. The molecule has 0 aliphatic rings. The Morgan fingerprint density at radius 3 is 2.24 bits per heavy atom. The van der Waals surface area contributed by atoms with Gasteiger partial charge in [0.15, 0.2) is 5.78 Å². The third-order valence-corrected chi connectivity index (χ3v) is 5.69. The molecule has 0 saturated carbocycles. The van der Waals surface area contributed by atoms with Gasteiger partial charge in [0, 0.05) is 18.5 Å². The zero-order valence-electron chi connectivity index (χ0n) is 19.7. The van der Waals surface area contributed by atoms with Crippen molar-refractivity contribution in [1.29, 1.82) is 0 Å². The summed E-state index contributed by atoms with van der Waals surface area (Å²) in [7, 11) is 1.32. The molecule has 34 heavy (non-hydrogen) atoms. The summed E-state index contributed by atoms with van der Waals surface area (Å²) in [5, 5.41) is 3.13. The Labute approximate surface area is 206 Å². The van der Waals surface area contributed by atoms with Crippen LogP contribution in [0, 0.1) is 5.92 Å². The number of hydrogen-bond acceptors (Lipinski definition) is 4. The van der Waals surface area contributed by atoms with Gasteiger partial charge in [0.2, 0.25) is 0 Å². The lowest BCUT2D eigenvalue weighted by Crippen LogP contribution is -2.31. The van der Waals surface area contributed by atoms with Crippen LogP contribution < -0.4 is 10.1 Å². The van der Waals surface area contributed by atoms with Crippen LogP contribution in [0.15, 0.2) is 72.8 Å². The number of Topliss-reactive ketones (excluding diaryl/α,β-unsaturated/α-hetero) is 1. The third kappa shape index (κ3) is 7.35. The summed E-state index contributed by atoms with van der Waals surface area (Å²) in [4.78, 5) is 24.7. The second kappa shape index (κ2) is 12.2. The number of benzene rings is 3. The summed E-state index contributed by atoms with van der Waals surface area (Å²) < 4.78 is 10.4. The quantitative estimate of drug-likeness (QED) is 0.333. The number of nitrogens with one attached hydrogen (secondary N) is 1. The zero-order chi connectivity index (χ0) is 24.5. The van der Waals surface area contributed by atoms with Crippen molar-refractivity contribution in [3.63, 3.8) is 0 Å². The SMILES string of the molecule is COC(=O)NC[C@@H](CC(=O)c1ccc(OC(C)C)c(Cl)c1)Cc1ccc(-c2ccccc2)cc1. The van der Waals surface area contributed by atoms with E-state index in [9.17, 15) is 9.59 Å². The van der Waals surface area contributed by atoms with Crippen LogP contribution in [0.4, 0.5) is 4.79 Å². The van der Waals surface area contributed by atoms with Crippen LogP contribution in [-0.4, -0.2) is 31.6 Å². The minimum atomic E-state index is -0.518. The molecule has 0 unspecified atom stereocenters. The molecule has 0 spiro atoms.